The Kier molecular flexibility index (Phi) is 7.38. The van der Waals surface area contributed by atoms with E-state index >= 15 is 0 Å². The lowest BCUT2D eigenvalue weighted by Gasteiger charge is -2.29. The van der Waals surface area contributed by atoms with Gasteiger partial charge < -0.3 is 4.90 Å². The van der Waals surface area contributed by atoms with E-state index in [-0.39, 0.29) is 23.4 Å². The predicted molar refractivity (Wildman–Crippen MR) is 133 cm³/mol. The van der Waals surface area contributed by atoms with Gasteiger partial charge in [-0.1, -0.05) is 35.3 Å². The molecule has 1 amide bonds. The van der Waals surface area contributed by atoms with Gasteiger partial charge in [0, 0.05) is 37.2 Å². The van der Waals surface area contributed by atoms with Crippen molar-refractivity contribution in [3.63, 3.8) is 0 Å². The van der Waals surface area contributed by atoms with E-state index in [1.165, 1.54) is 12.1 Å². The van der Waals surface area contributed by atoms with Crippen LogP contribution < -0.4 is 0 Å². The van der Waals surface area contributed by atoms with E-state index in [1.807, 2.05) is 25.2 Å². The molecule has 1 fully saturated rings. The Hall–Kier alpha value is -3.42. The van der Waals surface area contributed by atoms with E-state index in [0.29, 0.717) is 40.8 Å². The van der Waals surface area contributed by atoms with Crippen molar-refractivity contribution >= 4 is 29.1 Å². The Balaban J connectivity index is 1.61. The number of amides is 1. The number of carbonyl (C=O) groups is 1. The normalized spacial score (nSPS) is 17.3. The standard InChI is InChI=1S/C27H21Cl2FN4O/c1-33(14-18-4-7-21(13-32)25(30)10-18)26-16-34(27(35)19-5-2-17(12-31)3-6-19)15-22(26)20-8-9-23(28)24(29)11-20/h2-11,22,26H,14-16H2,1H3/t22-,26+/m1/s1. The molecule has 8 heteroatoms. The van der Waals surface area contributed by atoms with Gasteiger partial charge in [-0.25, -0.2) is 4.39 Å². The summed E-state index contributed by atoms with van der Waals surface area (Å²) in [6.45, 7) is 1.36. The summed E-state index contributed by atoms with van der Waals surface area (Å²) in [4.78, 5) is 17.2. The fourth-order valence-electron chi connectivity index (χ4n) is 4.49. The number of hydrogen-bond acceptors (Lipinski definition) is 4. The second-order valence-electron chi connectivity index (χ2n) is 8.59. The maximum absolute atomic E-state index is 14.2. The maximum Gasteiger partial charge on any atom is 0.253 e. The number of likely N-dealkylation sites (N-methyl/N-ethyl adjacent to an activating group) is 1. The molecule has 1 aliphatic rings. The first-order valence-electron chi connectivity index (χ1n) is 10.9. The summed E-state index contributed by atoms with van der Waals surface area (Å²) >= 11 is 12.4. The van der Waals surface area contributed by atoms with Crippen molar-refractivity contribution in [2.24, 2.45) is 0 Å². The zero-order valence-electron chi connectivity index (χ0n) is 18.9. The van der Waals surface area contributed by atoms with Gasteiger partial charge in [0.2, 0.25) is 0 Å². The van der Waals surface area contributed by atoms with Crippen molar-refractivity contribution < 1.29 is 9.18 Å². The molecule has 2 atom stereocenters. The van der Waals surface area contributed by atoms with E-state index in [9.17, 15) is 9.18 Å². The third-order valence-electron chi connectivity index (χ3n) is 6.36. The molecule has 0 spiro atoms. The van der Waals surface area contributed by atoms with Crippen molar-refractivity contribution in [1.82, 2.24) is 9.80 Å². The summed E-state index contributed by atoms with van der Waals surface area (Å²) < 4.78 is 14.2. The number of carbonyl (C=O) groups excluding carboxylic acids is 1. The summed E-state index contributed by atoms with van der Waals surface area (Å²) in [7, 11) is 1.93. The molecule has 3 aromatic rings. The van der Waals surface area contributed by atoms with Crippen LogP contribution in [0.1, 0.15) is 38.5 Å². The average molecular weight is 507 g/mol. The van der Waals surface area contributed by atoms with Crippen molar-refractivity contribution in [2.45, 2.75) is 18.5 Å². The van der Waals surface area contributed by atoms with Gasteiger partial charge in [0.1, 0.15) is 11.9 Å². The van der Waals surface area contributed by atoms with Gasteiger partial charge in [0.25, 0.3) is 5.91 Å². The number of rotatable bonds is 5. The molecule has 1 aliphatic heterocycles. The van der Waals surface area contributed by atoms with E-state index in [2.05, 4.69) is 11.0 Å². The molecule has 0 bridgehead atoms. The third-order valence-corrected chi connectivity index (χ3v) is 7.10. The van der Waals surface area contributed by atoms with Gasteiger partial charge >= 0.3 is 0 Å². The van der Waals surface area contributed by atoms with Gasteiger partial charge in [0.15, 0.2) is 0 Å². The smallest absolute Gasteiger partial charge is 0.253 e. The molecule has 1 saturated heterocycles. The highest BCUT2D eigenvalue weighted by molar-refractivity contribution is 6.42. The van der Waals surface area contributed by atoms with Crippen molar-refractivity contribution in [2.75, 3.05) is 20.1 Å². The minimum atomic E-state index is -0.552. The van der Waals surface area contributed by atoms with Crippen LogP contribution >= 0.6 is 23.2 Å². The van der Waals surface area contributed by atoms with Crippen LogP contribution in [0.3, 0.4) is 0 Å². The highest BCUT2D eigenvalue weighted by Crippen LogP contribution is 2.35. The number of hydrogen-bond donors (Lipinski definition) is 0. The zero-order valence-corrected chi connectivity index (χ0v) is 20.4. The molecule has 0 aromatic heterocycles. The Morgan fingerprint density at radius 1 is 1.03 bits per heavy atom. The zero-order chi connectivity index (χ0) is 25.1. The van der Waals surface area contributed by atoms with E-state index < -0.39 is 5.82 Å². The molecule has 0 unspecified atom stereocenters. The van der Waals surface area contributed by atoms with Gasteiger partial charge in [0.05, 0.1) is 27.2 Å². The lowest BCUT2D eigenvalue weighted by molar-refractivity contribution is 0.0779. The summed E-state index contributed by atoms with van der Waals surface area (Å²) in [5.41, 5.74) is 2.69. The number of halogens is 3. The van der Waals surface area contributed by atoms with E-state index in [1.54, 1.807) is 41.3 Å². The number of nitriles is 2. The summed E-state index contributed by atoms with van der Waals surface area (Å²) in [5.74, 6) is -0.733. The Morgan fingerprint density at radius 2 is 1.77 bits per heavy atom. The van der Waals surface area contributed by atoms with Crippen molar-refractivity contribution in [3.05, 3.63) is 104 Å². The fourth-order valence-corrected chi connectivity index (χ4v) is 4.80. The number of likely N-dealkylation sites (tertiary alicyclic amines) is 1. The largest absolute Gasteiger partial charge is 0.336 e. The second kappa shape index (κ2) is 10.5. The molecule has 4 rings (SSSR count). The molecule has 5 nitrogen and oxygen atoms in total. The molecule has 0 N–H and O–H groups in total. The van der Waals surface area contributed by atoms with Crippen LogP contribution in [-0.4, -0.2) is 41.9 Å². The maximum atomic E-state index is 14.2. The van der Waals surface area contributed by atoms with Gasteiger partial charge in [-0.15, -0.1) is 0 Å². The monoisotopic (exact) mass is 506 g/mol. The summed E-state index contributed by atoms with van der Waals surface area (Å²) in [6, 6.07) is 20.5. The first-order chi connectivity index (χ1) is 16.8. The van der Waals surface area contributed by atoms with Crippen LogP contribution in [0.2, 0.25) is 10.0 Å². The Labute approximate surface area is 213 Å². The molecule has 176 valence electrons. The Morgan fingerprint density at radius 3 is 2.40 bits per heavy atom. The lowest BCUT2D eigenvalue weighted by atomic mass is 9.93. The molecule has 0 radical (unpaired) electrons. The highest BCUT2D eigenvalue weighted by Gasteiger charge is 2.39. The predicted octanol–water partition coefficient (Wildman–Crippen LogP) is 5.62. The molecule has 1 heterocycles. The van der Waals surface area contributed by atoms with Gasteiger partial charge in [-0.05, 0) is 66.7 Å². The molecule has 35 heavy (non-hydrogen) atoms. The van der Waals surface area contributed by atoms with Gasteiger partial charge in [-0.2, -0.15) is 10.5 Å². The summed E-state index contributed by atoms with van der Waals surface area (Å²) in [5, 5.41) is 18.9. The number of benzene rings is 3. The van der Waals surface area contributed by atoms with Crippen molar-refractivity contribution in [1.29, 1.82) is 10.5 Å². The highest BCUT2D eigenvalue weighted by atomic mass is 35.5. The van der Waals surface area contributed by atoms with Gasteiger partial charge in [-0.3, -0.25) is 9.69 Å². The van der Waals surface area contributed by atoms with Crippen molar-refractivity contribution in [3.8, 4) is 12.1 Å². The molecule has 0 saturated carbocycles. The van der Waals surface area contributed by atoms with Crippen LogP contribution in [0.5, 0.6) is 0 Å². The second-order valence-corrected chi connectivity index (χ2v) is 9.40. The minimum absolute atomic E-state index is 0.00476. The molecular formula is C27H21Cl2FN4O. The van der Waals surface area contributed by atoms with Crippen LogP contribution in [0, 0.1) is 28.5 Å². The molecular weight excluding hydrogens is 486 g/mol. The number of nitrogens with zero attached hydrogens (tertiary/aromatic N) is 4. The quantitative estimate of drug-likeness (QED) is 0.450. The fraction of sp³-hybridized carbons (Fsp3) is 0.222. The minimum Gasteiger partial charge on any atom is -0.336 e. The first-order valence-corrected chi connectivity index (χ1v) is 11.7. The van der Waals surface area contributed by atoms with Crippen LogP contribution in [-0.2, 0) is 6.54 Å². The first kappa shape index (κ1) is 24.7. The molecule has 0 aliphatic carbocycles. The Bertz CT molecular complexity index is 1350. The average Bonchev–Trinajstić information content (AvgIpc) is 3.31. The summed E-state index contributed by atoms with van der Waals surface area (Å²) in [6.07, 6.45) is 0. The topological polar surface area (TPSA) is 71.1 Å². The molecule has 3 aromatic carbocycles. The van der Waals surface area contributed by atoms with Crippen LogP contribution in [0.25, 0.3) is 0 Å². The lowest BCUT2D eigenvalue weighted by Crippen LogP contribution is -2.38. The third kappa shape index (κ3) is 5.31. The SMILES string of the molecule is CN(Cc1ccc(C#N)c(F)c1)[C@H]1CN(C(=O)c2ccc(C#N)cc2)C[C@@H]1c1ccc(Cl)c(Cl)c1. The van der Waals surface area contributed by atoms with Crippen LogP contribution in [0.4, 0.5) is 4.39 Å². The van der Waals surface area contributed by atoms with E-state index in [0.717, 1.165) is 11.1 Å². The van der Waals surface area contributed by atoms with E-state index in [4.69, 9.17) is 33.7 Å². The van der Waals surface area contributed by atoms with Crippen LogP contribution in [0.15, 0.2) is 60.7 Å².